The molecule has 1 rings (SSSR count). The van der Waals surface area contributed by atoms with Crippen LogP contribution in [0.25, 0.3) is 0 Å². The Balaban J connectivity index is 2.40. The van der Waals surface area contributed by atoms with Gasteiger partial charge in [-0.2, -0.15) is 13.2 Å². The zero-order valence-electron chi connectivity index (χ0n) is 10.1. The van der Waals surface area contributed by atoms with Gasteiger partial charge in [-0.3, -0.25) is 0 Å². The number of alkyl halides is 3. The number of likely N-dealkylation sites (tertiary alicyclic amines) is 1. The first-order chi connectivity index (χ1) is 7.74. The summed E-state index contributed by atoms with van der Waals surface area (Å²) in [4.78, 5) is 1.79. The highest BCUT2D eigenvalue weighted by atomic mass is 19.4. The number of aliphatic hydroxyl groups excluding tert-OH is 1. The fourth-order valence-corrected chi connectivity index (χ4v) is 2.02. The van der Waals surface area contributed by atoms with Crippen LogP contribution in [0.2, 0.25) is 0 Å². The number of halogens is 3. The van der Waals surface area contributed by atoms with Gasteiger partial charge >= 0.3 is 6.18 Å². The summed E-state index contributed by atoms with van der Waals surface area (Å²) in [5.41, 5.74) is 5.05. The summed E-state index contributed by atoms with van der Waals surface area (Å²) in [5.74, 6) is -1.21. The van der Waals surface area contributed by atoms with Crippen molar-refractivity contribution >= 4 is 0 Å². The molecule has 0 aliphatic carbocycles. The minimum absolute atomic E-state index is 0.0605. The standard InChI is InChI=1S/C11H21F3N2O/c1-10(15,8-17)4-6-16-5-2-3-9(7-16)11(12,13)14/h9,17H,2-8,15H2,1H3. The van der Waals surface area contributed by atoms with Crippen LogP contribution in [0.15, 0.2) is 0 Å². The van der Waals surface area contributed by atoms with Crippen molar-refractivity contribution in [3.63, 3.8) is 0 Å². The molecule has 3 N–H and O–H groups in total. The molecule has 0 spiro atoms. The largest absolute Gasteiger partial charge is 0.394 e. The van der Waals surface area contributed by atoms with Crippen LogP contribution in [0.3, 0.4) is 0 Å². The van der Waals surface area contributed by atoms with E-state index < -0.39 is 17.6 Å². The highest BCUT2D eigenvalue weighted by Gasteiger charge is 2.41. The molecule has 1 heterocycles. The van der Waals surface area contributed by atoms with Gasteiger partial charge in [-0.15, -0.1) is 0 Å². The summed E-state index contributed by atoms with van der Waals surface area (Å²) in [6.45, 7) is 2.82. The van der Waals surface area contributed by atoms with Gasteiger partial charge in [-0.05, 0) is 39.3 Å². The molecule has 2 unspecified atom stereocenters. The molecule has 17 heavy (non-hydrogen) atoms. The lowest BCUT2D eigenvalue weighted by Crippen LogP contribution is -2.47. The molecule has 0 amide bonds. The van der Waals surface area contributed by atoms with Gasteiger partial charge < -0.3 is 15.7 Å². The first-order valence-electron chi connectivity index (χ1n) is 5.93. The summed E-state index contributed by atoms with van der Waals surface area (Å²) in [6.07, 6.45) is -2.79. The number of piperidine rings is 1. The number of aliphatic hydroxyl groups is 1. The van der Waals surface area contributed by atoms with E-state index in [-0.39, 0.29) is 19.6 Å². The number of hydrogen-bond donors (Lipinski definition) is 2. The Labute approximate surface area is 99.8 Å². The predicted octanol–water partition coefficient (Wildman–Crippen LogP) is 1.36. The normalized spacial score (nSPS) is 26.8. The molecule has 2 atom stereocenters. The number of nitrogens with two attached hydrogens (primary N) is 1. The molecule has 1 aliphatic heterocycles. The molecular weight excluding hydrogens is 233 g/mol. The predicted molar refractivity (Wildman–Crippen MR) is 59.5 cm³/mol. The molecule has 3 nitrogen and oxygen atoms in total. The Kier molecular flexibility index (Phi) is 4.80. The van der Waals surface area contributed by atoms with Crippen molar-refractivity contribution in [2.45, 2.75) is 37.9 Å². The third kappa shape index (κ3) is 4.81. The highest BCUT2D eigenvalue weighted by molar-refractivity contribution is 4.82. The second-order valence-electron chi connectivity index (χ2n) is 5.24. The van der Waals surface area contributed by atoms with Crippen molar-refractivity contribution in [1.82, 2.24) is 4.90 Å². The average Bonchev–Trinajstić information content (AvgIpc) is 2.26. The van der Waals surface area contributed by atoms with E-state index in [2.05, 4.69) is 0 Å². The molecule has 1 aliphatic rings. The van der Waals surface area contributed by atoms with E-state index in [9.17, 15) is 13.2 Å². The fourth-order valence-electron chi connectivity index (χ4n) is 2.02. The summed E-state index contributed by atoms with van der Waals surface area (Å²) in [7, 11) is 0. The van der Waals surface area contributed by atoms with Crippen molar-refractivity contribution in [2.75, 3.05) is 26.2 Å². The third-order valence-electron chi connectivity index (χ3n) is 3.33. The lowest BCUT2D eigenvalue weighted by atomic mass is 9.95. The van der Waals surface area contributed by atoms with Gasteiger partial charge in [-0.1, -0.05) is 0 Å². The summed E-state index contributed by atoms with van der Waals surface area (Å²) < 4.78 is 37.7. The van der Waals surface area contributed by atoms with Crippen molar-refractivity contribution in [3.8, 4) is 0 Å². The third-order valence-corrected chi connectivity index (χ3v) is 3.33. The zero-order chi connectivity index (χ0) is 13.1. The molecule has 1 fully saturated rings. The van der Waals surface area contributed by atoms with Crippen LogP contribution < -0.4 is 5.73 Å². The first kappa shape index (κ1) is 14.7. The number of rotatable bonds is 4. The smallest absolute Gasteiger partial charge is 0.393 e. The van der Waals surface area contributed by atoms with E-state index in [1.165, 1.54) is 0 Å². The van der Waals surface area contributed by atoms with Crippen LogP contribution in [0.4, 0.5) is 13.2 Å². The first-order valence-corrected chi connectivity index (χ1v) is 5.93. The molecule has 0 saturated carbocycles. The van der Waals surface area contributed by atoms with Gasteiger partial charge in [0.05, 0.1) is 12.5 Å². The van der Waals surface area contributed by atoms with Crippen LogP contribution in [-0.2, 0) is 0 Å². The van der Waals surface area contributed by atoms with Gasteiger partial charge in [0.2, 0.25) is 0 Å². The van der Waals surface area contributed by atoms with Gasteiger partial charge in [0.25, 0.3) is 0 Å². The molecule has 0 radical (unpaired) electrons. The van der Waals surface area contributed by atoms with Gasteiger partial charge in [0, 0.05) is 12.1 Å². The van der Waals surface area contributed by atoms with E-state index in [1.807, 2.05) is 0 Å². The minimum Gasteiger partial charge on any atom is -0.394 e. The number of nitrogens with zero attached hydrogens (tertiary/aromatic N) is 1. The Bertz CT molecular complexity index is 243. The van der Waals surface area contributed by atoms with E-state index in [0.717, 1.165) is 0 Å². The van der Waals surface area contributed by atoms with Crippen LogP contribution in [0, 0.1) is 5.92 Å². The Morgan fingerprint density at radius 3 is 2.59 bits per heavy atom. The van der Waals surface area contributed by atoms with Gasteiger partial charge in [0.1, 0.15) is 0 Å². The molecule has 0 aromatic carbocycles. The summed E-state index contributed by atoms with van der Waals surface area (Å²) in [5, 5.41) is 8.98. The van der Waals surface area contributed by atoms with Gasteiger partial charge in [-0.25, -0.2) is 0 Å². The van der Waals surface area contributed by atoms with Crippen molar-refractivity contribution in [1.29, 1.82) is 0 Å². The van der Waals surface area contributed by atoms with Crippen molar-refractivity contribution in [2.24, 2.45) is 11.7 Å². The number of hydrogen-bond acceptors (Lipinski definition) is 3. The maximum Gasteiger partial charge on any atom is 0.393 e. The second kappa shape index (κ2) is 5.54. The van der Waals surface area contributed by atoms with E-state index in [0.29, 0.717) is 25.9 Å². The van der Waals surface area contributed by atoms with Gasteiger partial charge in [0.15, 0.2) is 0 Å². The van der Waals surface area contributed by atoms with Crippen LogP contribution in [0.5, 0.6) is 0 Å². The zero-order valence-corrected chi connectivity index (χ0v) is 10.1. The minimum atomic E-state index is -4.10. The van der Waals surface area contributed by atoms with Crippen molar-refractivity contribution < 1.29 is 18.3 Å². The lowest BCUT2D eigenvalue weighted by Gasteiger charge is -2.35. The second-order valence-corrected chi connectivity index (χ2v) is 5.24. The topological polar surface area (TPSA) is 49.5 Å². The average molecular weight is 254 g/mol. The SMILES string of the molecule is CC(N)(CO)CCN1CCCC(C(F)(F)F)C1. The van der Waals surface area contributed by atoms with Crippen LogP contribution in [-0.4, -0.2) is 48.0 Å². The molecule has 0 bridgehead atoms. The maximum absolute atomic E-state index is 12.6. The Morgan fingerprint density at radius 1 is 1.41 bits per heavy atom. The lowest BCUT2D eigenvalue weighted by molar-refractivity contribution is -0.186. The van der Waals surface area contributed by atoms with Crippen LogP contribution in [0.1, 0.15) is 26.2 Å². The fraction of sp³-hybridized carbons (Fsp3) is 1.00. The van der Waals surface area contributed by atoms with E-state index in [4.69, 9.17) is 10.8 Å². The highest BCUT2D eigenvalue weighted by Crippen LogP contribution is 2.33. The molecule has 102 valence electrons. The summed E-state index contributed by atoms with van der Waals surface area (Å²) in [6, 6.07) is 0. The summed E-state index contributed by atoms with van der Waals surface area (Å²) >= 11 is 0. The quantitative estimate of drug-likeness (QED) is 0.796. The monoisotopic (exact) mass is 254 g/mol. The van der Waals surface area contributed by atoms with Crippen LogP contribution >= 0.6 is 0 Å². The Morgan fingerprint density at radius 2 is 2.06 bits per heavy atom. The molecule has 1 saturated heterocycles. The van der Waals surface area contributed by atoms with E-state index >= 15 is 0 Å². The van der Waals surface area contributed by atoms with E-state index in [1.54, 1.807) is 11.8 Å². The molecule has 0 aromatic heterocycles. The molecule has 0 aromatic rings. The molecule has 6 heteroatoms. The molecular formula is C11H21F3N2O. The maximum atomic E-state index is 12.6. The Hall–Kier alpha value is -0.330. The van der Waals surface area contributed by atoms with Crippen molar-refractivity contribution in [3.05, 3.63) is 0 Å².